The Hall–Kier alpha value is -2.24. The van der Waals surface area contributed by atoms with Crippen molar-refractivity contribution >= 4 is 17.8 Å². The van der Waals surface area contributed by atoms with Gasteiger partial charge in [-0.3, -0.25) is 14.4 Å². The number of carbonyl (C=O) groups is 2. The molecule has 1 saturated heterocycles. The summed E-state index contributed by atoms with van der Waals surface area (Å²) in [5.41, 5.74) is 4.23. The zero-order chi connectivity index (χ0) is 16.4. The molecule has 1 heterocycles. The van der Waals surface area contributed by atoms with E-state index in [1.165, 1.54) is 7.11 Å². The number of rotatable bonds is 3. The molecule has 0 bridgehead atoms. The standard InChI is InChI=1S/C18H19NO4/c1-18-8-7-14(20)10-16(18)13(11-23-18)9-12-5-3-4-6-15(12)17(21)19-22-2/h3-9,16H,10-11H2,1-2H3,(H,19,21)/b13-9-/t16-,18-/m0/s1. The summed E-state index contributed by atoms with van der Waals surface area (Å²) in [6.45, 7) is 2.45. The van der Waals surface area contributed by atoms with E-state index < -0.39 is 5.60 Å². The Labute approximate surface area is 134 Å². The number of hydrogen-bond donors (Lipinski definition) is 1. The second-order valence-corrected chi connectivity index (χ2v) is 5.97. The van der Waals surface area contributed by atoms with Gasteiger partial charge in [0.2, 0.25) is 0 Å². The predicted molar refractivity (Wildman–Crippen MR) is 85.5 cm³/mol. The largest absolute Gasteiger partial charge is 0.366 e. The average molecular weight is 313 g/mol. The first-order valence-electron chi connectivity index (χ1n) is 7.52. The topological polar surface area (TPSA) is 64.6 Å². The van der Waals surface area contributed by atoms with Gasteiger partial charge in [0, 0.05) is 17.9 Å². The number of benzene rings is 1. The zero-order valence-electron chi connectivity index (χ0n) is 13.2. The highest BCUT2D eigenvalue weighted by molar-refractivity contribution is 5.97. The van der Waals surface area contributed by atoms with Crippen molar-refractivity contribution in [3.8, 4) is 0 Å². The molecule has 1 N–H and O–H groups in total. The van der Waals surface area contributed by atoms with Crippen LogP contribution in [0.3, 0.4) is 0 Å². The lowest BCUT2D eigenvalue weighted by Gasteiger charge is -2.29. The molecule has 3 rings (SSSR count). The van der Waals surface area contributed by atoms with Gasteiger partial charge in [0.05, 0.1) is 19.3 Å². The molecular formula is C18H19NO4. The van der Waals surface area contributed by atoms with E-state index in [-0.39, 0.29) is 17.6 Å². The average Bonchev–Trinajstić information content (AvgIpc) is 2.85. The van der Waals surface area contributed by atoms with Crippen LogP contribution in [-0.2, 0) is 14.4 Å². The molecule has 2 aliphatic rings. The molecule has 0 saturated carbocycles. The van der Waals surface area contributed by atoms with E-state index in [4.69, 9.17) is 9.57 Å². The van der Waals surface area contributed by atoms with E-state index in [1.807, 2.05) is 31.2 Å². The smallest absolute Gasteiger partial charge is 0.275 e. The van der Waals surface area contributed by atoms with Gasteiger partial charge in [0.1, 0.15) is 0 Å². The van der Waals surface area contributed by atoms with Gasteiger partial charge in [0.25, 0.3) is 5.91 Å². The predicted octanol–water partition coefficient (Wildman–Crippen LogP) is 2.30. The fourth-order valence-corrected chi connectivity index (χ4v) is 3.15. The zero-order valence-corrected chi connectivity index (χ0v) is 13.2. The van der Waals surface area contributed by atoms with Gasteiger partial charge in [0.15, 0.2) is 5.78 Å². The molecule has 0 radical (unpaired) electrons. The van der Waals surface area contributed by atoms with Gasteiger partial charge < -0.3 is 4.74 Å². The molecule has 1 amide bonds. The van der Waals surface area contributed by atoms with Crippen molar-refractivity contribution in [3.05, 3.63) is 53.1 Å². The van der Waals surface area contributed by atoms with Crippen molar-refractivity contribution in [2.45, 2.75) is 18.9 Å². The molecule has 1 fully saturated rings. The minimum absolute atomic E-state index is 0.0125. The number of hydroxylamine groups is 1. The van der Waals surface area contributed by atoms with Crippen LogP contribution < -0.4 is 5.48 Å². The molecular weight excluding hydrogens is 294 g/mol. The van der Waals surface area contributed by atoms with Crippen molar-refractivity contribution in [1.82, 2.24) is 5.48 Å². The van der Waals surface area contributed by atoms with E-state index in [0.717, 1.165) is 11.1 Å². The van der Waals surface area contributed by atoms with Gasteiger partial charge in [-0.1, -0.05) is 24.3 Å². The normalized spacial score (nSPS) is 28.0. The van der Waals surface area contributed by atoms with Crippen LogP contribution >= 0.6 is 0 Å². The fourth-order valence-electron chi connectivity index (χ4n) is 3.15. The van der Waals surface area contributed by atoms with Gasteiger partial charge in [-0.2, -0.15) is 0 Å². The summed E-state index contributed by atoms with van der Waals surface area (Å²) in [6.07, 6.45) is 5.82. The summed E-state index contributed by atoms with van der Waals surface area (Å²) in [4.78, 5) is 28.5. The molecule has 1 aromatic rings. The molecule has 0 aromatic heterocycles. The van der Waals surface area contributed by atoms with Crippen LogP contribution in [0, 0.1) is 5.92 Å². The van der Waals surface area contributed by atoms with Crippen LogP contribution in [0.15, 0.2) is 42.0 Å². The third-order valence-electron chi connectivity index (χ3n) is 4.44. The van der Waals surface area contributed by atoms with Crippen molar-refractivity contribution in [3.63, 3.8) is 0 Å². The number of carbonyl (C=O) groups excluding carboxylic acids is 2. The Morgan fingerprint density at radius 1 is 1.43 bits per heavy atom. The molecule has 2 atom stereocenters. The van der Waals surface area contributed by atoms with Crippen LogP contribution in [0.2, 0.25) is 0 Å². The monoisotopic (exact) mass is 313 g/mol. The molecule has 1 aromatic carbocycles. The fraction of sp³-hybridized carbons (Fsp3) is 0.333. The molecule has 23 heavy (non-hydrogen) atoms. The lowest BCUT2D eigenvalue weighted by Crippen LogP contribution is -2.34. The Bertz CT molecular complexity index is 707. The minimum Gasteiger partial charge on any atom is -0.366 e. The van der Waals surface area contributed by atoms with E-state index in [0.29, 0.717) is 18.6 Å². The van der Waals surface area contributed by atoms with Crippen LogP contribution in [0.1, 0.15) is 29.3 Å². The van der Waals surface area contributed by atoms with Gasteiger partial charge >= 0.3 is 0 Å². The van der Waals surface area contributed by atoms with Gasteiger partial charge in [-0.25, -0.2) is 5.48 Å². The minimum atomic E-state index is -0.441. The van der Waals surface area contributed by atoms with Gasteiger partial charge in [-0.15, -0.1) is 0 Å². The Kier molecular flexibility index (Phi) is 4.15. The lowest BCUT2D eigenvalue weighted by molar-refractivity contribution is -0.117. The summed E-state index contributed by atoms with van der Waals surface area (Å²) in [5.74, 6) is -0.186. The van der Waals surface area contributed by atoms with E-state index >= 15 is 0 Å². The van der Waals surface area contributed by atoms with Crippen LogP contribution in [-0.4, -0.2) is 31.0 Å². The number of fused-ring (bicyclic) bond motifs is 1. The lowest BCUT2D eigenvalue weighted by atomic mass is 9.78. The van der Waals surface area contributed by atoms with Crippen LogP contribution in [0.25, 0.3) is 6.08 Å². The summed E-state index contributed by atoms with van der Waals surface area (Å²) in [7, 11) is 1.40. The molecule has 5 heteroatoms. The summed E-state index contributed by atoms with van der Waals surface area (Å²) >= 11 is 0. The highest BCUT2D eigenvalue weighted by Gasteiger charge is 2.44. The first kappa shape index (κ1) is 15.6. The summed E-state index contributed by atoms with van der Waals surface area (Å²) in [6, 6.07) is 7.28. The molecule has 0 spiro atoms. The number of ketones is 1. The third-order valence-corrected chi connectivity index (χ3v) is 4.44. The third kappa shape index (κ3) is 2.98. The summed E-state index contributed by atoms with van der Waals surface area (Å²) in [5, 5.41) is 0. The quantitative estimate of drug-likeness (QED) is 0.870. The van der Waals surface area contributed by atoms with E-state index in [1.54, 1.807) is 18.2 Å². The number of hydrogen-bond acceptors (Lipinski definition) is 4. The van der Waals surface area contributed by atoms with Crippen molar-refractivity contribution in [1.29, 1.82) is 0 Å². The highest BCUT2D eigenvalue weighted by atomic mass is 16.6. The number of ether oxygens (including phenoxy) is 1. The molecule has 0 unspecified atom stereocenters. The SMILES string of the molecule is CONC(=O)c1ccccc1/C=C1/CO[C@@]2(C)C=CC(=O)C[C@@H]12. The maximum absolute atomic E-state index is 12.1. The number of allylic oxidation sites excluding steroid dienone is 1. The second-order valence-electron chi connectivity index (χ2n) is 5.97. The van der Waals surface area contributed by atoms with E-state index in [2.05, 4.69) is 5.48 Å². The number of amides is 1. The molecule has 1 aliphatic carbocycles. The molecule has 1 aliphatic heterocycles. The first-order chi connectivity index (χ1) is 11.0. The Morgan fingerprint density at radius 2 is 2.22 bits per heavy atom. The Morgan fingerprint density at radius 3 is 3.00 bits per heavy atom. The van der Waals surface area contributed by atoms with Gasteiger partial charge in [-0.05, 0) is 36.3 Å². The Balaban J connectivity index is 1.95. The van der Waals surface area contributed by atoms with Crippen molar-refractivity contribution in [2.75, 3.05) is 13.7 Å². The van der Waals surface area contributed by atoms with E-state index in [9.17, 15) is 9.59 Å². The van der Waals surface area contributed by atoms with Crippen molar-refractivity contribution in [2.24, 2.45) is 5.92 Å². The molecule has 120 valence electrons. The first-order valence-corrected chi connectivity index (χ1v) is 7.52. The number of nitrogens with one attached hydrogen (secondary N) is 1. The van der Waals surface area contributed by atoms with Crippen LogP contribution in [0.5, 0.6) is 0 Å². The maximum atomic E-state index is 12.1. The highest BCUT2D eigenvalue weighted by Crippen LogP contribution is 2.42. The summed E-state index contributed by atoms with van der Waals surface area (Å²) < 4.78 is 5.89. The second kappa shape index (κ2) is 6.10. The van der Waals surface area contributed by atoms with Crippen molar-refractivity contribution < 1.29 is 19.2 Å². The maximum Gasteiger partial charge on any atom is 0.275 e. The van der Waals surface area contributed by atoms with Crippen LogP contribution in [0.4, 0.5) is 0 Å². The molecule has 5 nitrogen and oxygen atoms in total.